The van der Waals surface area contributed by atoms with Gasteiger partial charge in [0.25, 0.3) is 5.91 Å². The van der Waals surface area contributed by atoms with Crippen LogP contribution in [-0.2, 0) is 6.18 Å². The summed E-state index contributed by atoms with van der Waals surface area (Å²) in [7, 11) is 0. The number of amides is 1. The zero-order chi connectivity index (χ0) is 25.9. The second kappa shape index (κ2) is 10.6. The van der Waals surface area contributed by atoms with E-state index in [9.17, 15) is 23.1 Å². The van der Waals surface area contributed by atoms with E-state index in [4.69, 9.17) is 16.1 Å². The number of halogens is 4. The quantitative estimate of drug-likeness (QED) is 0.229. The van der Waals surface area contributed by atoms with Gasteiger partial charge in [0.05, 0.1) is 28.5 Å². The van der Waals surface area contributed by atoms with Gasteiger partial charge >= 0.3 is 6.18 Å². The van der Waals surface area contributed by atoms with Gasteiger partial charge in [0, 0.05) is 17.8 Å². The molecule has 0 saturated heterocycles. The maximum absolute atomic E-state index is 12.9. The van der Waals surface area contributed by atoms with Gasteiger partial charge in [-0.15, -0.1) is 11.3 Å². The van der Waals surface area contributed by atoms with E-state index < -0.39 is 34.9 Å². The summed E-state index contributed by atoms with van der Waals surface area (Å²) in [5.74, 6) is 0.253. The molecule has 1 amide bonds. The molecule has 188 valence electrons. The van der Waals surface area contributed by atoms with Crippen LogP contribution in [0.4, 0.5) is 30.5 Å². The molecule has 4 rings (SSSR count). The largest absolute Gasteiger partial charge is 0.417 e. The molecule has 0 aliphatic carbocycles. The molecule has 0 aliphatic rings. The molecule has 4 aromatic rings. The minimum absolute atomic E-state index is 0.105. The standard InChI is InChI=1S/C21H17ClF3N7O3S/c1-10(29-18(33)14-7-17(28-9-27-14)31-16-4-5-35-32-16)20-26-8-15(36-20)19(34)30-11-2-3-12(13(22)6-11)21(23,24)25/h2-10,18,29,33H,1H3,(H,30,34)(H,27,28,31,32). The number of anilines is 3. The average Bonchev–Trinajstić information content (AvgIpc) is 3.51. The van der Waals surface area contributed by atoms with Crippen molar-refractivity contribution < 1.29 is 27.6 Å². The Bertz CT molecular complexity index is 1350. The summed E-state index contributed by atoms with van der Waals surface area (Å²) >= 11 is 6.75. The first kappa shape index (κ1) is 25.5. The lowest BCUT2D eigenvalue weighted by atomic mass is 10.2. The third-order valence-electron chi connectivity index (χ3n) is 4.72. The molecule has 0 radical (unpaired) electrons. The van der Waals surface area contributed by atoms with Crippen molar-refractivity contribution in [3.63, 3.8) is 0 Å². The zero-order valence-corrected chi connectivity index (χ0v) is 19.8. The van der Waals surface area contributed by atoms with E-state index in [-0.39, 0.29) is 16.3 Å². The number of benzene rings is 1. The van der Waals surface area contributed by atoms with Crippen molar-refractivity contribution in [2.24, 2.45) is 0 Å². The van der Waals surface area contributed by atoms with E-state index in [0.717, 1.165) is 29.5 Å². The molecule has 3 heterocycles. The van der Waals surface area contributed by atoms with Gasteiger partial charge in [-0.05, 0) is 25.1 Å². The lowest BCUT2D eigenvalue weighted by Gasteiger charge is -2.17. The van der Waals surface area contributed by atoms with Gasteiger partial charge < -0.3 is 20.3 Å². The van der Waals surface area contributed by atoms with Crippen LogP contribution in [0.5, 0.6) is 0 Å². The Morgan fingerprint density at radius 3 is 2.67 bits per heavy atom. The van der Waals surface area contributed by atoms with Crippen LogP contribution in [0.3, 0.4) is 0 Å². The van der Waals surface area contributed by atoms with Gasteiger partial charge in [0.1, 0.15) is 34.5 Å². The SMILES string of the molecule is CC(NC(O)c1cc(Nc2ccon2)ncn1)c1ncc(C(=O)Nc2ccc(C(F)(F)F)c(Cl)c2)s1. The number of thiazole rings is 1. The maximum atomic E-state index is 12.9. The van der Waals surface area contributed by atoms with Crippen LogP contribution < -0.4 is 16.0 Å². The van der Waals surface area contributed by atoms with Gasteiger partial charge in [-0.25, -0.2) is 15.0 Å². The third kappa shape index (κ3) is 6.15. The Morgan fingerprint density at radius 2 is 1.97 bits per heavy atom. The number of alkyl halides is 3. The lowest BCUT2D eigenvalue weighted by Crippen LogP contribution is -2.25. The normalized spacial score (nSPS) is 13.3. The molecule has 0 saturated carbocycles. The molecule has 10 nitrogen and oxygen atoms in total. The van der Waals surface area contributed by atoms with Crippen molar-refractivity contribution in [3.8, 4) is 0 Å². The summed E-state index contributed by atoms with van der Waals surface area (Å²) in [4.78, 5) is 25.1. The Balaban J connectivity index is 1.38. The number of nitrogens with one attached hydrogen (secondary N) is 3. The third-order valence-corrected chi connectivity index (χ3v) is 6.21. The van der Waals surface area contributed by atoms with Crippen LogP contribution >= 0.6 is 22.9 Å². The van der Waals surface area contributed by atoms with Gasteiger partial charge in [-0.2, -0.15) is 13.2 Å². The molecule has 4 N–H and O–H groups in total. The summed E-state index contributed by atoms with van der Waals surface area (Å²) in [5, 5.41) is 22.6. The first-order valence-corrected chi connectivity index (χ1v) is 11.4. The summed E-state index contributed by atoms with van der Waals surface area (Å²) in [6.45, 7) is 1.73. The van der Waals surface area contributed by atoms with Gasteiger partial charge in [-0.3, -0.25) is 10.1 Å². The second-order valence-electron chi connectivity index (χ2n) is 7.34. The summed E-state index contributed by atoms with van der Waals surface area (Å²) < 4.78 is 43.3. The van der Waals surface area contributed by atoms with E-state index in [0.29, 0.717) is 16.6 Å². The van der Waals surface area contributed by atoms with E-state index in [2.05, 4.69) is 36.1 Å². The number of hydrogen-bond acceptors (Lipinski definition) is 10. The topological polar surface area (TPSA) is 138 Å². The van der Waals surface area contributed by atoms with Gasteiger partial charge in [0.2, 0.25) is 0 Å². The first-order valence-electron chi connectivity index (χ1n) is 10.2. The minimum atomic E-state index is -4.60. The molecule has 0 aliphatic heterocycles. The van der Waals surface area contributed by atoms with Crippen LogP contribution in [0, 0.1) is 0 Å². The number of carbonyl (C=O) groups excluding carboxylic acids is 1. The predicted octanol–water partition coefficient (Wildman–Crippen LogP) is 4.93. The highest BCUT2D eigenvalue weighted by molar-refractivity contribution is 7.13. The van der Waals surface area contributed by atoms with Crippen LogP contribution in [0.15, 0.2) is 53.6 Å². The second-order valence-corrected chi connectivity index (χ2v) is 8.81. The molecule has 36 heavy (non-hydrogen) atoms. The van der Waals surface area contributed by atoms with Crippen molar-refractivity contribution in [3.05, 3.63) is 75.3 Å². The fraction of sp³-hybridized carbons (Fsp3) is 0.190. The highest BCUT2D eigenvalue weighted by atomic mass is 35.5. The van der Waals surface area contributed by atoms with Crippen LogP contribution in [0.25, 0.3) is 0 Å². The number of nitrogens with zero attached hydrogens (tertiary/aromatic N) is 4. The minimum Gasteiger partial charge on any atom is -0.373 e. The highest BCUT2D eigenvalue weighted by Crippen LogP contribution is 2.36. The Kier molecular flexibility index (Phi) is 7.49. The van der Waals surface area contributed by atoms with E-state index in [1.165, 1.54) is 24.9 Å². The lowest BCUT2D eigenvalue weighted by molar-refractivity contribution is -0.137. The zero-order valence-electron chi connectivity index (χ0n) is 18.2. The Morgan fingerprint density at radius 1 is 1.17 bits per heavy atom. The number of hydrogen-bond donors (Lipinski definition) is 4. The summed E-state index contributed by atoms with van der Waals surface area (Å²) in [6.07, 6.45) is -1.79. The molecule has 2 atom stereocenters. The number of aliphatic hydroxyl groups excluding tert-OH is 1. The predicted molar refractivity (Wildman–Crippen MR) is 125 cm³/mol. The monoisotopic (exact) mass is 539 g/mol. The smallest absolute Gasteiger partial charge is 0.373 e. The number of aliphatic hydroxyl groups is 1. The molecule has 15 heteroatoms. The van der Waals surface area contributed by atoms with Gasteiger partial charge in [0.15, 0.2) is 5.82 Å². The summed E-state index contributed by atoms with van der Waals surface area (Å²) in [5.41, 5.74) is -0.615. The van der Waals surface area contributed by atoms with Crippen LogP contribution in [0.1, 0.15) is 45.1 Å². The van der Waals surface area contributed by atoms with Gasteiger partial charge in [-0.1, -0.05) is 16.8 Å². The fourth-order valence-corrected chi connectivity index (χ4v) is 4.11. The van der Waals surface area contributed by atoms with Crippen LogP contribution in [0.2, 0.25) is 5.02 Å². The molecular formula is C21H17ClF3N7O3S. The Hall–Kier alpha value is -3.59. The fourth-order valence-electron chi connectivity index (χ4n) is 3.00. The first-order chi connectivity index (χ1) is 17.1. The number of carbonyl (C=O) groups is 1. The van der Waals surface area contributed by atoms with E-state index >= 15 is 0 Å². The van der Waals surface area contributed by atoms with Crippen molar-refractivity contribution in [1.29, 1.82) is 0 Å². The average molecular weight is 540 g/mol. The molecule has 0 bridgehead atoms. The molecule has 1 aromatic carbocycles. The molecular weight excluding hydrogens is 523 g/mol. The van der Waals surface area contributed by atoms with Crippen molar-refractivity contribution in [1.82, 2.24) is 25.4 Å². The molecule has 2 unspecified atom stereocenters. The number of aromatic nitrogens is 4. The molecule has 3 aromatic heterocycles. The number of rotatable bonds is 8. The Labute approximate surface area is 210 Å². The van der Waals surface area contributed by atoms with Crippen LogP contribution in [-0.4, -0.2) is 31.1 Å². The van der Waals surface area contributed by atoms with Crippen molar-refractivity contribution in [2.45, 2.75) is 25.4 Å². The molecule has 0 spiro atoms. The van der Waals surface area contributed by atoms with E-state index in [1.54, 1.807) is 13.0 Å². The summed E-state index contributed by atoms with van der Waals surface area (Å²) in [6, 6.07) is 5.58. The van der Waals surface area contributed by atoms with Crippen molar-refractivity contribution >= 4 is 46.2 Å². The van der Waals surface area contributed by atoms with E-state index in [1.807, 2.05) is 0 Å². The maximum Gasteiger partial charge on any atom is 0.417 e. The highest BCUT2D eigenvalue weighted by Gasteiger charge is 2.33. The van der Waals surface area contributed by atoms with Crippen molar-refractivity contribution in [2.75, 3.05) is 10.6 Å². The molecule has 0 fully saturated rings.